The van der Waals surface area contributed by atoms with Crippen LogP contribution in [0.25, 0.3) is 44.6 Å². The molecule has 0 amide bonds. The summed E-state index contributed by atoms with van der Waals surface area (Å²) in [5, 5.41) is 1.63. The average Bonchev–Trinajstić information content (AvgIpc) is 3.34. The van der Waals surface area contributed by atoms with Gasteiger partial charge in [-0.15, -0.1) is 6.42 Å². The third kappa shape index (κ3) is 9.07. The molecular weight excluding hydrogens is 789 g/mol. The van der Waals surface area contributed by atoms with E-state index in [1.165, 1.54) is 5.69 Å². The van der Waals surface area contributed by atoms with E-state index in [1.54, 1.807) is 0 Å². The van der Waals surface area contributed by atoms with E-state index in [2.05, 4.69) is 123 Å². The van der Waals surface area contributed by atoms with Crippen LogP contribution in [0.3, 0.4) is 0 Å². The molecule has 0 aliphatic heterocycles. The van der Waals surface area contributed by atoms with E-state index in [4.69, 9.17) is 35.8 Å². The largest absolute Gasteiger partial charge is 0.457 e. The Morgan fingerprint density at radius 1 is 0.531 bits per heavy atom. The second-order valence-corrected chi connectivity index (χ2v) is 15.2. The summed E-state index contributed by atoms with van der Waals surface area (Å²) >= 11 is 0. The lowest BCUT2D eigenvalue weighted by atomic mass is 9.77. The lowest BCUT2D eigenvalue weighted by Gasteiger charge is -2.25. The molecule has 64 heavy (non-hydrogen) atoms. The fraction of sp³-hybridized carbons (Fsp3) is 0.179. The third-order valence-electron chi connectivity index (χ3n) is 11.5. The van der Waals surface area contributed by atoms with Crippen molar-refractivity contribution in [2.75, 3.05) is 36.0 Å². The molecule has 0 aliphatic carbocycles. The fourth-order valence-electron chi connectivity index (χ4n) is 7.82. The van der Waals surface area contributed by atoms with Gasteiger partial charge in [-0.1, -0.05) is 48.4 Å². The molecule has 0 radical (unpaired) electrons. The Balaban J connectivity index is 1.04. The number of hydrogen-bond acceptors (Lipinski definition) is 8. The van der Waals surface area contributed by atoms with Gasteiger partial charge in [-0.3, -0.25) is 0 Å². The number of terminal acetylenes is 1. The molecular formula is C56H48N6O2. The molecule has 314 valence electrons. The van der Waals surface area contributed by atoms with Crippen LogP contribution >= 0.6 is 0 Å². The van der Waals surface area contributed by atoms with E-state index < -0.39 is 5.41 Å². The molecule has 0 bridgehead atoms. The predicted molar refractivity (Wildman–Crippen MR) is 261 cm³/mol. The van der Waals surface area contributed by atoms with Crippen LogP contribution in [0.1, 0.15) is 45.7 Å². The summed E-state index contributed by atoms with van der Waals surface area (Å²) in [4.78, 5) is 24.1. The molecule has 0 N–H and O–H groups in total. The summed E-state index contributed by atoms with van der Waals surface area (Å²) in [6, 6.07) is 46.3. The molecule has 0 fully saturated rings. The van der Waals surface area contributed by atoms with Crippen LogP contribution in [-0.2, 0) is 5.41 Å². The molecule has 2 heterocycles. The zero-order chi connectivity index (χ0) is 44.5. The summed E-state index contributed by atoms with van der Waals surface area (Å²) in [5.41, 5.74) is 6.92. The minimum atomic E-state index is -0.764. The Labute approximate surface area is 376 Å². The predicted octanol–water partition coefficient (Wildman–Crippen LogP) is 12.1. The van der Waals surface area contributed by atoms with E-state index in [-0.39, 0.29) is 0 Å². The monoisotopic (exact) mass is 836 g/mol. The first kappa shape index (κ1) is 42.6. The molecule has 0 saturated carbocycles. The first-order valence-electron chi connectivity index (χ1n) is 21.6. The Morgan fingerprint density at radius 3 is 1.66 bits per heavy atom. The normalized spacial score (nSPS) is 11.6. The number of aromatic nitrogens is 4. The van der Waals surface area contributed by atoms with Crippen molar-refractivity contribution in [2.24, 2.45) is 0 Å². The maximum atomic E-state index is 6.52. The minimum Gasteiger partial charge on any atom is -0.457 e. The van der Waals surface area contributed by atoms with Crippen molar-refractivity contribution in [1.29, 1.82) is 0 Å². The number of ether oxygens (including phenoxy) is 2. The topological polar surface area (TPSA) is 76.5 Å². The summed E-state index contributed by atoms with van der Waals surface area (Å²) in [6.45, 7) is 14.5. The van der Waals surface area contributed by atoms with Gasteiger partial charge in [0.1, 0.15) is 17.2 Å². The highest BCUT2D eigenvalue weighted by Gasteiger charge is 2.27. The molecule has 0 aliphatic rings. The fourth-order valence-corrected chi connectivity index (χ4v) is 7.82. The van der Waals surface area contributed by atoms with Crippen LogP contribution in [0.2, 0.25) is 0 Å². The summed E-state index contributed by atoms with van der Waals surface area (Å²) < 4.78 is 13.0. The second-order valence-electron chi connectivity index (χ2n) is 15.2. The lowest BCUT2D eigenvalue weighted by Crippen LogP contribution is -2.21. The molecule has 8 aromatic rings. The quantitative estimate of drug-likeness (QED) is 0.100. The molecule has 0 saturated heterocycles. The van der Waals surface area contributed by atoms with Gasteiger partial charge in [0.05, 0.1) is 27.2 Å². The van der Waals surface area contributed by atoms with E-state index in [9.17, 15) is 0 Å². The van der Waals surface area contributed by atoms with E-state index >= 15 is 0 Å². The number of fused-ring (bicyclic) bond motifs is 2. The lowest BCUT2D eigenvalue weighted by molar-refractivity contribution is 0.468. The highest BCUT2D eigenvalue weighted by atomic mass is 16.5. The number of para-hydroxylation sites is 1. The summed E-state index contributed by atoms with van der Waals surface area (Å²) in [6.07, 6.45) is 7.25. The van der Waals surface area contributed by atoms with Crippen LogP contribution in [0.5, 0.6) is 23.1 Å². The van der Waals surface area contributed by atoms with Gasteiger partial charge in [-0.05, 0) is 166 Å². The van der Waals surface area contributed by atoms with Gasteiger partial charge in [0.15, 0.2) is 11.6 Å². The highest BCUT2D eigenvalue weighted by molar-refractivity contribution is 5.87. The first-order chi connectivity index (χ1) is 31.3. The molecule has 6 aromatic carbocycles. The van der Waals surface area contributed by atoms with Crippen LogP contribution in [0, 0.1) is 36.0 Å². The van der Waals surface area contributed by atoms with Gasteiger partial charge < -0.3 is 19.3 Å². The van der Waals surface area contributed by atoms with Crippen molar-refractivity contribution in [3.05, 3.63) is 157 Å². The van der Waals surface area contributed by atoms with Crippen LogP contribution in [0.4, 0.5) is 11.4 Å². The maximum absolute atomic E-state index is 6.52. The molecule has 8 rings (SSSR count). The summed E-state index contributed by atoms with van der Waals surface area (Å²) in [7, 11) is 0. The first-order valence-corrected chi connectivity index (χ1v) is 21.6. The minimum absolute atomic E-state index is 0.475. The van der Waals surface area contributed by atoms with Gasteiger partial charge in [-0.25, -0.2) is 15.0 Å². The van der Waals surface area contributed by atoms with Crippen molar-refractivity contribution in [3.63, 3.8) is 0 Å². The standard InChI is InChI=1S/C56H48N6O2/c1-7-12-13-16-38-56(6,42-26-34-46(35-27-42)63-52-21-17-20-51-49(52)39-57-53(58-51)40-22-30-44(31-23-40)61(8-2)9-3)43-28-36-47(37-29-43)64-55-48-18-14-15-19-50(48)59-54(60-55)41-24-32-45(33-25-41)62(10-4)11-5/h1,14-15,17-37,39H,8-11H2,2-6H3. The van der Waals surface area contributed by atoms with E-state index in [0.29, 0.717) is 34.8 Å². The van der Waals surface area contributed by atoms with Crippen LogP contribution < -0.4 is 19.3 Å². The summed E-state index contributed by atoms with van der Waals surface area (Å²) in [5.74, 6) is 17.8. The maximum Gasteiger partial charge on any atom is 0.230 e. The van der Waals surface area contributed by atoms with Crippen molar-refractivity contribution in [1.82, 2.24) is 19.9 Å². The molecule has 1 atom stereocenters. The van der Waals surface area contributed by atoms with E-state index in [0.717, 1.165) is 75.9 Å². The SMILES string of the molecule is C#CC#CC#CC(C)(c1ccc(Oc2cccc3nc(-c4ccc(N(CC)CC)cc4)ncc23)cc1)c1ccc(Oc2nc(-c3ccc(N(CC)CC)cc3)nc3ccccc23)cc1. The third-order valence-corrected chi connectivity index (χ3v) is 11.5. The van der Waals surface area contributed by atoms with E-state index in [1.807, 2.05) is 97.2 Å². The number of hydrogen-bond donors (Lipinski definition) is 0. The average molecular weight is 837 g/mol. The van der Waals surface area contributed by atoms with Gasteiger partial charge in [0.25, 0.3) is 0 Å². The second kappa shape index (κ2) is 19.3. The molecule has 8 heteroatoms. The molecule has 0 spiro atoms. The van der Waals surface area contributed by atoms with Crippen molar-refractivity contribution in [3.8, 4) is 81.9 Å². The van der Waals surface area contributed by atoms with Gasteiger partial charge in [0, 0.05) is 54.9 Å². The number of benzene rings is 6. The Morgan fingerprint density at radius 2 is 1.06 bits per heavy atom. The Hall–Kier alpha value is -8.12. The van der Waals surface area contributed by atoms with Crippen molar-refractivity contribution in [2.45, 2.75) is 40.0 Å². The van der Waals surface area contributed by atoms with Crippen molar-refractivity contribution < 1.29 is 9.47 Å². The van der Waals surface area contributed by atoms with Gasteiger partial charge >= 0.3 is 0 Å². The zero-order valence-corrected chi connectivity index (χ0v) is 36.8. The zero-order valence-electron chi connectivity index (χ0n) is 36.8. The van der Waals surface area contributed by atoms with Gasteiger partial charge in [0.2, 0.25) is 5.88 Å². The van der Waals surface area contributed by atoms with Gasteiger partial charge in [-0.2, -0.15) is 4.98 Å². The highest BCUT2D eigenvalue weighted by Crippen LogP contribution is 2.37. The molecule has 1 unspecified atom stereocenters. The smallest absolute Gasteiger partial charge is 0.230 e. The van der Waals surface area contributed by atoms with Crippen LogP contribution in [-0.4, -0.2) is 46.1 Å². The number of anilines is 2. The number of nitrogens with zero attached hydrogens (tertiary/aromatic N) is 6. The Bertz CT molecular complexity index is 3070. The van der Waals surface area contributed by atoms with Crippen molar-refractivity contribution >= 4 is 33.2 Å². The Kier molecular flexibility index (Phi) is 12.8. The number of rotatable bonds is 14. The molecule has 8 nitrogen and oxygen atoms in total. The van der Waals surface area contributed by atoms with Crippen LogP contribution in [0.15, 0.2) is 146 Å². The molecule has 2 aromatic heterocycles.